The summed E-state index contributed by atoms with van der Waals surface area (Å²) in [7, 11) is 1.68. The number of hydrogen-bond donors (Lipinski definition) is 2. The van der Waals surface area contributed by atoms with Crippen molar-refractivity contribution < 1.29 is 4.79 Å². The molecule has 2 rings (SSSR count). The van der Waals surface area contributed by atoms with Gasteiger partial charge >= 0.3 is 0 Å². The van der Waals surface area contributed by atoms with Crippen LogP contribution in [0.2, 0.25) is 0 Å². The van der Waals surface area contributed by atoms with Crippen LogP contribution in [0.25, 0.3) is 0 Å². The number of carbonyl (C=O) groups is 1. The summed E-state index contributed by atoms with van der Waals surface area (Å²) < 4.78 is 0. The quantitative estimate of drug-likeness (QED) is 0.629. The van der Waals surface area contributed by atoms with Gasteiger partial charge in [0.25, 0.3) is 5.91 Å². The van der Waals surface area contributed by atoms with E-state index in [1.165, 1.54) is 11.0 Å². The number of carbonyl (C=O) groups excluding carboxylic acids is 1. The molecule has 0 bridgehead atoms. The van der Waals surface area contributed by atoms with Crippen molar-refractivity contribution in [1.29, 1.82) is 0 Å². The Morgan fingerprint density at radius 2 is 2.43 bits per heavy atom. The predicted octanol–water partition coefficient (Wildman–Crippen LogP) is -1.09. The highest BCUT2D eigenvalue weighted by Gasteiger charge is 2.33. The Morgan fingerprint density at radius 1 is 1.71 bits per heavy atom. The van der Waals surface area contributed by atoms with E-state index in [9.17, 15) is 4.79 Å². The maximum Gasteiger partial charge on any atom is 0.273 e. The lowest BCUT2D eigenvalue weighted by molar-refractivity contribution is 0.0866. The first kappa shape index (κ1) is 9.14. The van der Waals surface area contributed by atoms with E-state index in [0.717, 1.165) is 13.1 Å². The largest absolute Gasteiger partial charge is 0.343 e. The van der Waals surface area contributed by atoms with E-state index in [-0.39, 0.29) is 11.4 Å². The van der Waals surface area contributed by atoms with Gasteiger partial charge in [-0.05, 0) is 6.92 Å². The standard InChI is InChI=1S/C8H13N5O/c1-8(4-9-5-8)11-7(14)6-3-10-13(2)12-6/h3,9H,4-5H2,1-2H3,(H,11,14). The molecule has 2 N–H and O–H groups in total. The van der Waals surface area contributed by atoms with Gasteiger partial charge in [0.1, 0.15) is 0 Å². The van der Waals surface area contributed by atoms with Crippen LogP contribution in [0, 0.1) is 0 Å². The van der Waals surface area contributed by atoms with Gasteiger partial charge in [-0.15, -0.1) is 5.10 Å². The number of aryl methyl sites for hydroxylation is 1. The van der Waals surface area contributed by atoms with Crippen LogP contribution in [-0.2, 0) is 7.05 Å². The molecule has 0 saturated carbocycles. The average Bonchev–Trinajstić information content (AvgIpc) is 2.49. The number of nitrogens with zero attached hydrogens (tertiary/aromatic N) is 3. The van der Waals surface area contributed by atoms with Gasteiger partial charge in [-0.1, -0.05) is 0 Å². The summed E-state index contributed by atoms with van der Waals surface area (Å²) in [6.07, 6.45) is 1.46. The number of rotatable bonds is 2. The molecule has 2 heterocycles. The Hall–Kier alpha value is -1.43. The van der Waals surface area contributed by atoms with E-state index in [1.54, 1.807) is 7.05 Å². The molecular formula is C8H13N5O. The second-order valence-corrected chi connectivity index (χ2v) is 3.84. The summed E-state index contributed by atoms with van der Waals surface area (Å²) >= 11 is 0. The van der Waals surface area contributed by atoms with Crippen LogP contribution in [0.1, 0.15) is 17.4 Å². The molecule has 1 saturated heterocycles. The van der Waals surface area contributed by atoms with Gasteiger partial charge in [-0.3, -0.25) is 4.79 Å². The lowest BCUT2D eigenvalue weighted by Crippen LogP contribution is -2.67. The topological polar surface area (TPSA) is 71.8 Å². The SMILES string of the molecule is Cn1ncc(C(=O)NC2(C)CNC2)n1. The highest BCUT2D eigenvalue weighted by molar-refractivity contribution is 5.92. The molecule has 1 aliphatic heterocycles. The Kier molecular flexibility index (Phi) is 1.99. The molecule has 1 amide bonds. The zero-order valence-electron chi connectivity index (χ0n) is 8.24. The number of hydrogen-bond acceptors (Lipinski definition) is 4. The van der Waals surface area contributed by atoms with E-state index < -0.39 is 0 Å². The first-order valence-electron chi connectivity index (χ1n) is 4.49. The lowest BCUT2D eigenvalue weighted by Gasteiger charge is -2.39. The fraction of sp³-hybridized carbons (Fsp3) is 0.625. The van der Waals surface area contributed by atoms with E-state index in [2.05, 4.69) is 20.8 Å². The summed E-state index contributed by atoms with van der Waals surface area (Å²) in [5, 5.41) is 13.8. The summed E-state index contributed by atoms with van der Waals surface area (Å²) in [6.45, 7) is 3.61. The molecule has 1 aromatic rings. The monoisotopic (exact) mass is 195 g/mol. The first-order valence-corrected chi connectivity index (χ1v) is 4.49. The van der Waals surface area contributed by atoms with Gasteiger partial charge < -0.3 is 10.6 Å². The van der Waals surface area contributed by atoms with Crippen molar-refractivity contribution in [2.45, 2.75) is 12.5 Å². The average molecular weight is 195 g/mol. The van der Waals surface area contributed by atoms with Crippen molar-refractivity contribution in [3.8, 4) is 0 Å². The second kappa shape index (κ2) is 3.06. The Balaban J connectivity index is 2.02. The van der Waals surface area contributed by atoms with Crippen molar-refractivity contribution in [2.24, 2.45) is 7.05 Å². The minimum Gasteiger partial charge on any atom is -0.343 e. The molecule has 1 aliphatic rings. The van der Waals surface area contributed by atoms with Crippen molar-refractivity contribution in [3.63, 3.8) is 0 Å². The molecule has 0 unspecified atom stereocenters. The van der Waals surface area contributed by atoms with E-state index in [4.69, 9.17) is 0 Å². The summed E-state index contributed by atoms with van der Waals surface area (Å²) in [4.78, 5) is 13.0. The summed E-state index contributed by atoms with van der Waals surface area (Å²) in [6, 6.07) is 0. The molecule has 14 heavy (non-hydrogen) atoms. The van der Waals surface area contributed by atoms with Crippen molar-refractivity contribution >= 4 is 5.91 Å². The number of aromatic nitrogens is 3. The Bertz CT molecular complexity index is 354. The third kappa shape index (κ3) is 1.60. The minimum absolute atomic E-state index is 0.130. The lowest BCUT2D eigenvalue weighted by atomic mass is 9.95. The van der Waals surface area contributed by atoms with Crippen LogP contribution in [-0.4, -0.2) is 39.5 Å². The number of amides is 1. The Labute approximate surface area is 81.7 Å². The van der Waals surface area contributed by atoms with Gasteiger partial charge in [-0.25, -0.2) is 0 Å². The van der Waals surface area contributed by atoms with Gasteiger partial charge in [-0.2, -0.15) is 9.90 Å². The highest BCUT2D eigenvalue weighted by Crippen LogP contribution is 2.09. The van der Waals surface area contributed by atoms with Crippen LogP contribution >= 0.6 is 0 Å². The highest BCUT2D eigenvalue weighted by atomic mass is 16.2. The Morgan fingerprint density at radius 3 is 2.86 bits per heavy atom. The van der Waals surface area contributed by atoms with Crippen LogP contribution in [0.4, 0.5) is 0 Å². The van der Waals surface area contributed by atoms with Gasteiger partial charge in [0, 0.05) is 20.1 Å². The maximum atomic E-state index is 11.6. The smallest absolute Gasteiger partial charge is 0.273 e. The molecule has 1 fully saturated rings. The molecule has 0 spiro atoms. The van der Waals surface area contributed by atoms with E-state index >= 15 is 0 Å². The molecule has 1 aromatic heterocycles. The fourth-order valence-electron chi connectivity index (χ4n) is 1.38. The van der Waals surface area contributed by atoms with Crippen LogP contribution in [0.3, 0.4) is 0 Å². The molecular weight excluding hydrogens is 182 g/mol. The van der Waals surface area contributed by atoms with Crippen molar-refractivity contribution in [1.82, 2.24) is 25.6 Å². The van der Waals surface area contributed by atoms with Crippen molar-refractivity contribution in [2.75, 3.05) is 13.1 Å². The molecule has 0 aromatic carbocycles. The van der Waals surface area contributed by atoms with E-state index in [0.29, 0.717) is 5.69 Å². The third-order valence-electron chi connectivity index (χ3n) is 2.28. The second-order valence-electron chi connectivity index (χ2n) is 3.84. The fourth-order valence-corrected chi connectivity index (χ4v) is 1.38. The normalized spacial score (nSPS) is 18.7. The van der Waals surface area contributed by atoms with Gasteiger partial charge in [0.05, 0.1) is 11.7 Å². The summed E-state index contributed by atoms with van der Waals surface area (Å²) in [5.74, 6) is -0.165. The third-order valence-corrected chi connectivity index (χ3v) is 2.28. The molecule has 6 nitrogen and oxygen atoms in total. The minimum atomic E-state index is -0.165. The van der Waals surface area contributed by atoms with Crippen LogP contribution in [0.15, 0.2) is 6.20 Å². The molecule has 0 aliphatic carbocycles. The van der Waals surface area contributed by atoms with Gasteiger partial charge in [0.15, 0.2) is 5.69 Å². The predicted molar refractivity (Wildman–Crippen MR) is 49.7 cm³/mol. The van der Waals surface area contributed by atoms with Gasteiger partial charge in [0.2, 0.25) is 0 Å². The molecule has 0 radical (unpaired) electrons. The van der Waals surface area contributed by atoms with Crippen LogP contribution < -0.4 is 10.6 Å². The van der Waals surface area contributed by atoms with E-state index in [1.807, 2.05) is 6.92 Å². The summed E-state index contributed by atoms with van der Waals surface area (Å²) in [5.41, 5.74) is 0.231. The van der Waals surface area contributed by atoms with Crippen molar-refractivity contribution in [3.05, 3.63) is 11.9 Å². The van der Waals surface area contributed by atoms with Crippen LogP contribution in [0.5, 0.6) is 0 Å². The number of nitrogens with one attached hydrogen (secondary N) is 2. The molecule has 76 valence electrons. The molecule has 0 atom stereocenters. The zero-order chi connectivity index (χ0) is 10.2. The molecule has 6 heteroatoms. The maximum absolute atomic E-state index is 11.6. The first-order chi connectivity index (χ1) is 6.59. The zero-order valence-corrected chi connectivity index (χ0v) is 8.24.